The predicted octanol–water partition coefficient (Wildman–Crippen LogP) is 3.97. The molecule has 0 saturated carbocycles. The zero-order chi connectivity index (χ0) is 26.1. The van der Waals surface area contributed by atoms with Crippen LogP contribution in [0.3, 0.4) is 0 Å². The van der Waals surface area contributed by atoms with E-state index in [1.807, 2.05) is 66.7 Å². The Morgan fingerprint density at radius 2 is 1.81 bits per heavy atom. The largest absolute Gasteiger partial charge is 0.497 e. The molecule has 8 heteroatoms. The highest BCUT2D eigenvalue weighted by molar-refractivity contribution is 7.07. The molecule has 3 aromatic carbocycles. The van der Waals surface area contributed by atoms with E-state index in [2.05, 4.69) is 4.99 Å². The lowest BCUT2D eigenvalue weighted by Gasteiger charge is -2.27. The van der Waals surface area contributed by atoms with Crippen LogP contribution < -0.4 is 24.4 Å². The molecule has 5 rings (SSSR count). The van der Waals surface area contributed by atoms with Crippen molar-refractivity contribution in [1.29, 1.82) is 0 Å². The number of allylic oxidation sites excluding steroid dienone is 1. The lowest BCUT2D eigenvalue weighted by Crippen LogP contribution is -2.40. The van der Waals surface area contributed by atoms with Crippen LogP contribution >= 0.6 is 11.3 Å². The maximum absolute atomic E-state index is 13.9. The standard InChI is InChI=1S/C29H26N2O5S/c1-5-36-28(33)24-17(2)30-29-31(27(32)23(37-29)16-18-10-13-20(34-3)14-11-18)26(24)25-21-9-7-6-8-19(21)12-15-22(25)35-4/h6-16,26H,5H2,1-4H3/b23-16+/t26-/m0/s1. The molecular weight excluding hydrogens is 488 g/mol. The summed E-state index contributed by atoms with van der Waals surface area (Å²) in [6.45, 7) is 3.74. The van der Waals surface area contributed by atoms with Crippen molar-refractivity contribution < 1.29 is 19.0 Å². The van der Waals surface area contributed by atoms with Gasteiger partial charge in [-0.1, -0.05) is 53.8 Å². The first kappa shape index (κ1) is 24.5. The van der Waals surface area contributed by atoms with E-state index in [4.69, 9.17) is 14.2 Å². The summed E-state index contributed by atoms with van der Waals surface area (Å²) in [6, 6.07) is 18.4. The molecule has 1 aromatic heterocycles. The number of hydrogen-bond acceptors (Lipinski definition) is 7. The van der Waals surface area contributed by atoms with Crippen LogP contribution in [0.2, 0.25) is 0 Å². The molecule has 2 heterocycles. The summed E-state index contributed by atoms with van der Waals surface area (Å²) in [4.78, 5) is 32.4. The molecule has 0 aliphatic carbocycles. The van der Waals surface area contributed by atoms with E-state index in [9.17, 15) is 9.59 Å². The zero-order valence-corrected chi connectivity index (χ0v) is 21.8. The Morgan fingerprint density at radius 3 is 2.51 bits per heavy atom. The van der Waals surface area contributed by atoms with Crippen LogP contribution in [0.25, 0.3) is 16.8 Å². The quantitative estimate of drug-likeness (QED) is 0.364. The van der Waals surface area contributed by atoms with Gasteiger partial charge in [-0.2, -0.15) is 0 Å². The van der Waals surface area contributed by atoms with Crippen LogP contribution in [0.4, 0.5) is 0 Å². The molecule has 1 aliphatic heterocycles. The van der Waals surface area contributed by atoms with E-state index in [-0.39, 0.29) is 12.2 Å². The number of benzene rings is 3. The van der Waals surface area contributed by atoms with E-state index in [0.717, 1.165) is 27.6 Å². The Hall–Kier alpha value is -4.17. The van der Waals surface area contributed by atoms with Gasteiger partial charge >= 0.3 is 5.97 Å². The van der Waals surface area contributed by atoms with Gasteiger partial charge in [0.15, 0.2) is 4.80 Å². The molecule has 0 bridgehead atoms. The average Bonchev–Trinajstić information content (AvgIpc) is 3.21. The molecule has 4 aromatic rings. The molecule has 1 atom stereocenters. The van der Waals surface area contributed by atoms with Gasteiger partial charge in [0.05, 0.1) is 36.6 Å². The monoisotopic (exact) mass is 514 g/mol. The van der Waals surface area contributed by atoms with Crippen molar-refractivity contribution in [2.75, 3.05) is 20.8 Å². The average molecular weight is 515 g/mol. The van der Waals surface area contributed by atoms with Gasteiger partial charge in [-0.25, -0.2) is 9.79 Å². The van der Waals surface area contributed by atoms with Crippen molar-refractivity contribution >= 4 is 34.2 Å². The fraction of sp³-hybridized carbons (Fsp3) is 0.207. The molecule has 0 spiro atoms. The van der Waals surface area contributed by atoms with E-state index in [1.165, 1.54) is 11.3 Å². The van der Waals surface area contributed by atoms with Gasteiger partial charge in [0, 0.05) is 5.56 Å². The fourth-order valence-electron chi connectivity index (χ4n) is 4.65. The van der Waals surface area contributed by atoms with Crippen molar-refractivity contribution in [3.8, 4) is 11.5 Å². The number of methoxy groups -OCH3 is 2. The molecule has 0 radical (unpaired) electrons. The predicted molar refractivity (Wildman–Crippen MR) is 144 cm³/mol. The summed E-state index contributed by atoms with van der Waals surface area (Å²) in [5.74, 6) is 0.800. The van der Waals surface area contributed by atoms with Crippen molar-refractivity contribution in [2.24, 2.45) is 4.99 Å². The van der Waals surface area contributed by atoms with Gasteiger partial charge in [0.25, 0.3) is 5.56 Å². The Labute approximate surface area is 217 Å². The van der Waals surface area contributed by atoms with Crippen LogP contribution in [0.1, 0.15) is 31.0 Å². The Bertz CT molecular complexity index is 1710. The summed E-state index contributed by atoms with van der Waals surface area (Å²) in [5, 5.41) is 1.85. The lowest BCUT2D eigenvalue weighted by atomic mass is 9.90. The van der Waals surface area contributed by atoms with Crippen molar-refractivity contribution in [2.45, 2.75) is 19.9 Å². The van der Waals surface area contributed by atoms with E-state index < -0.39 is 12.0 Å². The highest BCUT2D eigenvalue weighted by Crippen LogP contribution is 2.40. The molecule has 0 unspecified atom stereocenters. The second kappa shape index (κ2) is 10.1. The maximum atomic E-state index is 13.9. The number of nitrogens with zero attached hydrogens (tertiary/aromatic N) is 2. The number of rotatable bonds is 6. The smallest absolute Gasteiger partial charge is 0.338 e. The third-order valence-corrected chi connectivity index (χ3v) is 7.34. The molecule has 0 fully saturated rings. The minimum absolute atomic E-state index is 0.205. The number of carbonyl (C=O) groups excluding carboxylic acids is 1. The number of fused-ring (bicyclic) bond motifs is 2. The summed E-state index contributed by atoms with van der Waals surface area (Å²) < 4.78 is 18.5. The second-order valence-electron chi connectivity index (χ2n) is 8.48. The number of aromatic nitrogens is 1. The third kappa shape index (κ3) is 4.34. The van der Waals surface area contributed by atoms with Crippen LogP contribution in [-0.4, -0.2) is 31.4 Å². The zero-order valence-electron chi connectivity index (χ0n) is 21.0. The minimum Gasteiger partial charge on any atom is -0.497 e. The van der Waals surface area contributed by atoms with Crippen LogP contribution in [0, 0.1) is 0 Å². The topological polar surface area (TPSA) is 79.1 Å². The second-order valence-corrected chi connectivity index (χ2v) is 9.49. The Balaban J connectivity index is 1.82. The summed E-state index contributed by atoms with van der Waals surface area (Å²) in [5.41, 5.74) is 2.16. The molecule has 7 nitrogen and oxygen atoms in total. The minimum atomic E-state index is -0.769. The van der Waals surface area contributed by atoms with Gasteiger partial charge in [0.1, 0.15) is 17.5 Å². The lowest BCUT2D eigenvalue weighted by molar-refractivity contribution is -0.139. The van der Waals surface area contributed by atoms with Crippen molar-refractivity contribution in [3.05, 3.63) is 103 Å². The molecule has 1 aliphatic rings. The molecule has 37 heavy (non-hydrogen) atoms. The molecular formula is C29H26N2O5S. The summed E-state index contributed by atoms with van der Waals surface area (Å²) >= 11 is 1.28. The van der Waals surface area contributed by atoms with Gasteiger partial charge in [-0.15, -0.1) is 0 Å². The van der Waals surface area contributed by atoms with Gasteiger partial charge in [0.2, 0.25) is 0 Å². The van der Waals surface area contributed by atoms with Crippen LogP contribution in [-0.2, 0) is 9.53 Å². The molecule has 0 amide bonds. The molecule has 0 saturated heterocycles. The van der Waals surface area contributed by atoms with E-state index >= 15 is 0 Å². The summed E-state index contributed by atoms with van der Waals surface area (Å²) in [6.07, 6.45) is 1.82. The fourth-order valence-corrected chi connectivity index (χ4v) is 5.70. The Kier molecular flexibility index (Phi) is 6.67. The number of thiazole rings is 1. The third-order valence-electron chi connectivity index (χ3n) is 6.35. The van der Waals surface area contributed by atoms with Crippen molar-refractivity contribution in [1.82, 2.24) is 4.57 Å². The van der Waals surface area contributed by atoms with Crippen LogP contribution in [0.5, 0.6) is 11.5 Å². The normalized spacial score (nSPS) is 15.4. The highest BCUT2D eigenvalue weighted by Gasteiger charge is 2.36. The Morgan fingerprint density at radius 1 is 1.05 bits per heavy atom. The van der Waals surface area contributed by atoms with Gasteiger partial charge < -0.3 is 14.2 Å². The number of hydrogen-bond donors (Lipinski definition) is 0. The number of esters is 1. The molecule has 188 valence electrons. The van der Waals surface area contributed by atoms with Crippen LogP contribution in [0.15, 0.2) is 81.7 Å². The molecule has 0 N–H and O–H groups in total. The maximum Gasteiger partial charge on any atom is 0.338 e. The highest BCUT2D eigenvalue weighted by atomic mass is 32.1. The number of carbonyl (C=O) groups is 1. The van der Waals surface area contributed by atoms with E-state index in [1.54, 1.807) is 32.6 Å². The van der Waals surface area contributed by atoms with Gasteiger partial charge in [-0.05, 0) is 54.5 Å². The number of ether oxygens (including phenoxy) is 3. The summed E-state index contributed by atoms with van der Waals surface area (Å²) in [7, 11) is 3.19. The first-order valence-corrected chi connectivity index (χ1v) is 12.7. The van der Waals surface area contributed by atoms with Gasteiger partial charge in [-0.3, -0.25) is 9.36 Å². The van der Waals surface area contributed by atoms with Crippen molar-refractivity contribution in [3.63, 3.8) is 0 Å². The van der Waals surface area contributed by atoms with E-state index in [0.29, 0.717) is 26.4 Å². The SMILES string of the molecule is CCOC(=O)C1=C(C)N=c2s/c(=C/c3ccc(OC)cc3)c(=O)n2[C@@H]1c1c(OC)ccc2ccccc12. The first-order valence-electron chi connectivity index (χ1n) is 11.9. The first-order chi connectivity index (χ1) is 18.0.